The molecule has 9 nitrogen and oxygen atoms in total. The highest BCUT2D eigenvalue weighted by molar-refractivity contribution is 5.81. The zero-order valence-electron chi connectivity index (χ0n) is 23.1. The Hall–Kier alpha value is -3.67. The summed E-state index contributed by atoms with van der Waals surface area (Å²) < 4.78 is 50.7. The molecule has 2 heterocycles. The highest BCUT2D eigenvalue weighted by Crippen LogP contribution is 2.47. The van der Waals surface area contributed by atoms with Crippen molar-refractivity contribution in [3.8, 4) is 5.75 Å². The molecule has 2 saturated heterocycles. The first-order valence-corrected chi connectivity index (χ1v) is 13.6. The molecule has 2 fully saturated rings. The van der Waals surface area contributed by atoms with Crippen molar-refractivity contribution in [3.05, 3.63) is 69.8 Å². The number of hydrogen-bond donors (Lipinski definition) is 0. The third-order valence-electron chi connectivity index (χ3n) is 7.75. The molecule has 0 radical (unpaired) electrons. The molecular formula is C29H34F3N3O6. The maximum absolute atomic E-state index is 13.3. The van der Waals surface area contributed by atoms with Gasteiger partial charge in [-0.2, -0.15) is 13.2 Å². The fraction of sp³-hybridized carbons (Fsp3) is 0.517. The van der Waals surface area contributed by atoms with Crippen LogP contribution in [-0.4, -0.2) is 65.2 Å². The van der Waals surface area contributed by atoms with Crippen LogP contribution in [-0.2, 0) is 27.3 Å². The number of nitro groups is 1. The summed E-state index contributed by atoms with van der Waals surface area (Å²) in [6.07, 6.45) is -5.87. The summed E-state index contributed by atoms with van der Waals surface area (Å²) in [7, 11) is 0. The molecule has 2 aromatic rings. The molecule has 4 rings (SSSR count). The number of rotatable bonds is 9. The van der Waals surface area contributed by atoms with Gasteiger partial charge in [0.2, 0.25) is 5.91 Å². The summed E-state index contributed by atoms with van der Waals surface area (Å²) in [6.45, 7) is 6.40. The maximum atomic E-state index is 13.3. The van der Waals surface area contributed by atoms with E-state index in [2.05, 4.69) is 18.7 Å². The van der Waals surface area contributed by atoms with Gasteiger partial charge in [0.25, 0.3) is 5.69 Å². The Bertz CT molecular complexity index is 1260. The molecule has 0 saturated carbocycles. The SMILES string of the molecule is CC(C)COc1ccccc1CN1CCC2(CC1)CCN(C(=O)Cc1ccccc1[N+](=O)[O-])C2OC(=O)C(F)(F)F. The van der Waals surface area contributed by atoms with Gasteiger partial charge < -0.3 is 14.4 Å². The zero-order chi connectivity index (χ0) is 29.8. The van der Waals surface area contributed by atoms with Crippen molar-refractivity contribution in [2.24, 2.45) is 11.3 Å². The second-order valence-corrected chi connectivity index (χ2v) is 11.1. The molecule has 1 amide bonds. The maximum Gasteiger partial charge on any atom is 0.491 e. The number of piperidine rings is 1. The van der Waals surface area contributed by atoms with Crippen molar-refractivity contribution >= 4 is 17.6 Å². The highest BCUT2D eigenvalue weighted by atomic mass is 19.4. The number of hydrogen-bond acceptors (Lipinski definition) is 7. The predicted molar refractivity (Wildman–Crippen MR) is 143 cm³/mol. The van der Waals surface area contributed by atoms with E-state index in [0.717, 1.165) is 16.2 Å². The van der Waals surface area contributed by atoms with Gasteiger partial charge >= 0.3 is 12.1 Å². The smallest absolute Gasteiger partial charge is 0.491 e. The summed E-state index contributed by atoms with van der Waals surface area (Å²) in [5, 5.41) is 11.4. The summed E-state index contributed by atoms with van der Waals surface area (Å²) >= 11 is 0. The summed E-state index contributed by atoms with van der Waals surface area (Å²) in [6, 6.07) is 13.4. The molecule has 41 heavy (non-hydrogen) atoms. The second-order valence-electron chi connectivity index (χ2n) is 11.1. The van der Waals surface area contributed by atoms with E-state index in [1.165, 1.54) is 18.2 Å². The lowest BCUT2D eigenvalue weighted by molar-refractivity contribution is -0.385. The number of esters is 1. The van der Waals surface area contributed by atoms with Gasteiger partial charge in [-0.3, -0.25) is 19.8 Å². The van der Waals surface area contributed by atoms with E-state index in [1.807, 2.05) is 24.3 Å². The number of likely N-dealkylation sites (tertiary alicyclic amines) is 2. The minimum absolute atomic E-state index is 0.0845. The van der Waals surface area contributed by atoms with Crippen LogP contribution in [0.4, 0.5) is 18.9 Å². The molecule has 0 N–H and O–H groups in total. The lowest BCUT2D eigenvalue weighted by Gasteiger charge is -2.43. The van der Waals surface area contributed by atoms with Crippen molar-refractivity contribution in [2.45, 2.75) is 58.5 Å². The Morgan fingerprint density at radius 3 is 2.27 bits per heavy atom. The van der Waals surface area contributed by atoms with Gasteiger partial charge in [0.15, 0.2) is 6.23 Å². The topological polar surface area (TPSA) is 102 Å². The molecule has 222 valence electrons. The lowest BCUT2D eigenvalue weighted by Crippen LogP contribution is -2.51. The van der Waals surface area contributed by atoms with E-state index in [1.54, 1.807) is 6.07 Å². The first kappa shape index (κ1) is 30.3. The highest BCUT2D eigenvalue weighted by Gasteiger charge is 2.55. The van der Waals surface area contributed by atoms with Crippen LogP contribution in [0.15, 0.2) is 48.5 Å². The number of nitrogens with zero attached hydrogens (tertiary/aromatic N) is 3. The molecule has 12 heteroatoms. The van der Waals surface area contributed by atoms with Gasteiger partial charge in [-0.25, -0.2) is 4.79 Å². The number of para-hydroxylation sites is 2. The standard InChI is InChI=1S/C29H34F3N3O6/c1-20(2)19-40-24-10-6-4-8-22(24)18-33-14-11-28(12-15-33)13-16-34(26(28)41-27(37)29(30,31)32)25(36)17-21-7-3-5-9-23(21)35(38)39/h3-10,20,26H,11-19H2,1-2H3. The van der Waals surface area contributed by atoms with Crippen LogP contribution in [0, 0.1) is 21.4 Å². The van der Waals surface area contributed by atoms with Gasteiger partial charge in [0.1, 0.15) is 5.75 Å². The Labute approximate surface area is 236 Å². The van der Waals surface area contributed by atoms with Gasteiger partial charge in [-0.1, -0.05) is 50.2 Å². The number of carbonyl (C=O) groups is 2. The van der Waals surface area contributed by atoms with Crippen LogP contribution in [0.1, 0.15) is 44.2 Å². The number of amides is 1. The van der Waals surface area contributed by atoms with Gasteiger partial charge in [-0.15, -0.1) is 0 Å². The molecule has 1 spiro atoms. The summed E-state index contributed by atoms with van der Waals surface area (Å²) in [5.41, 5.74) is 0.0162. The normalized spacial score (nSPS) is 19.0. The van der Waals surface area contributed by atoms with Crippen molar-refractivity contribution in [1.29, 1.82) is 0 Å². The molecule has 2 aliphatic heterocycles. The Morgan fingerprint density at radius 2 is 1.63 bits per heavy atom. The van der Waals surface area contributed by atoms with Crippen LogP contribution in [0.25, 0.3) is 0 Å². The monoisotopic (exact) mass is 577 g/mol. The van der Waals surface area contributed by atoms with Crippen molar-refractivity contribution in [1.82, 2.24) is 9.80 Å². The molecule has 2 aliphatic rings. The van der Waals surface area contributed by atoms with Crippen molar-refractivity contribution < 1.29 is 37.2 Å². The van der Waals surface area contributed by atoms with E-state index in [9.17, 15) is 32.9 Å². The van der Waals surface area contributed by atoms with Gasteiger partial charge in [0, 0.05) is 35.7 Å². The Morgan fingerprint density at radius 1 is 1.02 bits per heavy atom. The Kier molecular flexibility index (Phi) is 9.21. The molecule has 1 unspecified atom stereocenters. The minimum Gasteiger partial charge on any atom is -0.493 e. The largest absolute Gasteiger partial charge is 0.493 e. The van der Waals surface area contributed by atoms with E-state index in [0.29, 0.717) is 51.4 Å². The van der Waals surface area contributed by atoms with E-state index >= 15 is 0 Å². The first-order valence-electron chi connectivity index (χ1n) is 13.6. The van der Waals surface area contributed by atoms with Gasteiger partial charge in [0.05, 0.1) is 18.0 Å². The number of carbonyl (C=O) groups excluding carboxylic acids is 2. The van der Waals surface area contributed by atoms with Crippen LogP contribution < -0.4 is 4.74 Å². The minimum atomic E-state index is -5.23. The number of nitro benzene ring substituents is 1. The molecule has 0 bridgehead atoms. The molecule has 1 atom stereocenters. The molecule has 0 aromatic heterocycles. The third kappa shape index (κ3) is 7.16. The number of ether oxygens (including phenoxy) is 2. The van der Waals surface area contributed by atoms with Crippen LogP contribution in [0.2, 0.25) is 0 Å². The third-order valence-corrected chi connectivity index (χ3v) is 7.75. The number of alkyl halides is 3. The fourth-order valence-corrected chi connectivity index (χ4v) is 5.56. The average Bonchev–Trinajstić information content (AvgIpc) is 3.26. The van der Waals surface area contributed by atoms with E-state index in [-0.39, 0.29) is 17.8 Å². The Balaban J connectivity index is 1.50. The van der Waals surface area contributed by atoms with Crippen LogP contribution >= 0.6 is 0 Å². The lowest BCUT2D eigenvalue weighted by atomic mass is 9.76. The van der Waals surface area contributed by atoms with Crippen molar-refractivity contribution in [2.75, 3.05) is 26.2 Å². The van der Waals surface area contributed by atoms with Gasteiger partial charge in [-0.05, 0) is 44.3 Å². The first-order chi connectivity index (χ1) is 19.4. The van der Waals surface area contributed by atoms with Crippen LogP contribution in [0.5, 0.6) is 5.75 Å². The summed E-state index contributed by atoms with van der Waals surface area (Å²) in [5.74, 6) is -1.85. The quantitative estimate of drug-likeness (QED) is 0.232. The molecule has 0 aliphatic carbocycles. The zero-order valence-corrected chi connectivity index (χ0v) is 23.1. The predicted octanol–water partition coefficient (Wildman–Crippen LogP) is 5.12. The van der Waals surface area contributed by atoms with E-state index in [4.69, 9.17) is 9.47 Å². The second kappa shape index (κ2) is 12.5. The number of halogens is 3. The van der Waals surface area contributed by atoms with E-state index < -0.39 is 41.0 Å². The number of benzene rings is 2. The average molecular weight is 578 g/mol. The summed E-state index contributed by atoms with van der Waals surface area (Å²) in [4.78, 5) is 39.4. The fourth-order valence-electron chi connectivity index (χ4n) is 5.56. The molecule has 2 aromatic carbocycles. The van der Waals surface area contributed by atoms with Crippen molar-refractivity contribution in [3.63, 3.8) is 0 Å². The molecular weight excluding hydrogens is 543 g/mol. The van der Waals surface area contributed by atoms with Crippen LogP contribution in [0.3, 0.4) is 0 Å².